The molecule has 0 bridgehead atoms. The summed E-state index contributed by atoms with van der Waals surface area (Å²) in [6, 6.07) is 6.72. The number of hydrogen-bond acceptors (Lipinski definition) is 7. The quantitative estimate of drug-likeness (QED) is 0.687. The van der Waals surface area contributed by atoms with E-state index in [1.807, 2.05) is 13.8 Å². The number of methoxy groups -OCH3 is 1. The van der Waals surface area contributed by atoms with Crippen molar-refractivity contribution in [1.29, 1.82) is 0 Å². The monoisotopic (exact) mass is 359 g/mol. The number of rotatable bonds is 6. The lowest BCUT2D eigenvalue weighted by molar-refractivity contribution is 0.0698. The van der Waals surface area contributed by atoms with E-state index in [2.05, 4.69) is 15.5 Å². The van der Waals surface area contributed by atoms with Crippen LogP contribution in [0.2, 0.25) is 0 Å². The average molecular weight is 359 g/mol. The van der Waals surface area contributed by atoms with Gasteiger partial charge in [0.25, 0.3) is 0 Å². The smallest absolute Gasteiger partial charge is 0.343 e. The van der Waals surface area contributed by atoms with Crippen LogP contribution in [0.4, 0.5) is 5.82 Å². The number of nitrogens with zero attached hydrogens (tertiary/aromatic N) is 2. The summed E-state index contributed by atoms with van der Waals surface area (Å²) in [5.41, 5.74) is 3.21. The van der Waals surface area contributed by atoms with Crippen LogP contribution in [0.15, 0.2) is 34.3 Å². The molecule has 0 saturated heterocycles. The number of hydrogen-bond donors (Lipinski definition) is 2. The summed E-state index contributed by atoms with van der Waals surface area (Å²) in [6.07, 6.45) is 0. The molecule has 2 aromatic heterocycles. The summed E-state index contributed by atoms with van der Waals surface area (Å²) >= 11 is 1.54. The number of benzene rings is 1. The number of aryl methyl sites for hydroxylation is 1. The largest absolute Gasteiger partial charge is 0.497 e. The van der Waals surface area contributed by atoms with Crippen molar-refractivity contribution in [3.05, 3.63) is 45.9 Å². The Balaban J connectivity index is 1.94. The standard InChI is InChI=1S/C17H17N3O4S/c1-9(14-10(2)25-8-18-14)19-16-13(17(21)22)15(24-20-16)11-4-6-12(23-3)7-5-11/h4-9H,1-3H3,(H,19,20)(H,21,22). The Morgan fingerprint density at radius 3 is 2.64 bits per heavy atom. The molecule has 3 aromatic rings. The number of ether oxygens (including phenoxy) is 1. The third-order valence-corrected chi connectivity index (χ3v) is 4.58. The molecule has 0 saturated carbocycles. The van der Waals surface area contributed by atoms with E-state index < -0.39 is 5.97 Å². The molecule has 1 aromatic carbocycles. The van der Waals surface area contributed by atoms with Gasteiger partial charge >= 0.3 is 5.97 Å². The molecule has 8 heteroatoms. The molecule has 0 radical (unpaired) electrons. The first-order chi connectivity index (χ1) is 12.0. The Hall–Kier alpha value is -2.87. The first kappa shape index (κ1) is 17.0. The molecule has 1 unspecified atom stereocenters. The van der Waals surface area contributed by atoms with Crippen molar-refractivity contribution < 1.29 is 19.2 Å². The second-order valence-corrected chi connectivity index (χ2v) is 6.49. The van der Waals surface area contributed by atoms with Crippen LogP contribution >= 0.6 is 11.3 Å². The van der Waals surface area contributed by atoms with E-state index in [-0.39, 0.29) is 23.2 Å². The number of aromatic carboxylic acids is 1. The zero-order chi connectivity index (χ0) is 18.0. The van der Waals surface area contributed by atoms with E-state index in [1.54, 1.807) is 36.9 Å². The van der Waals surface area contributed by atoms with Gasteiger partial charge < -0.3 is 19.7 Å². The first-order valence-electron chi connectivity index (χ1n) is 7.55. The normalized spacial score (nSPS) is 12.0. The molecule has 2 N–H and O–H groups in total. The van der Waals surface area contributed by atoms with E-state index in [4.69, 9.17) is 9.26 Å². The zero-order valence-corrected chi connectivity index (χ0v) is 14.8. The molecule has 2 heterocycles. The van der Waals surface area contributed by atoms with Crippen molar-refractivity contribution in [2.24, 2.45) is 0 Å². The first-order valence-corrected chi connectivity index (χ1v) is 8.43. The van der Waals surface area contributed by atoms with Gasteiger partial charge in [-0.3, -0.25) is 0 Å². The van der Waals surface area contributed by atoms with Crippen LogP contribution in [0, 0.1) is 6.92 Å². The van der Waals surface area contributed by atoms with Crippen LogP contribution in [0.25, 0.3) is 11.3 Å². The Morgan fingerprint density at radius 2 is 2.08 bits per heavy atom. The van der Waals surface area contributed by atoms with Crippen molar-refractivity contribution in [2.45, 2.75) is 19.9 Å². The topological polar surface area (TPSA) is 97.5 Å². The van der Waals surface area contributed by atoms with Gasteiger partial charge in [0.1, 0.15) is 5.75 Å². The number of aromatic nitrogens is 2. The summed E-state index contributed by atoms with van der Waals surface area (Å²) in [4.78, 5) is 17.1. The highest BCUT2D eigenvalue weighted by Gasteiger charge is 2.25. The minimum absolute atomic E-state index is 0.00935. The van der Waals surface area contributed by atoms with Crippen LogP contribution in [0.5, 0.6) is 5.75 Å². The molecule has 1 atom stereocenters. The molecular weight excluding hydrogens is 342 g/mol. The van der Waals surface area contributed by atoms with E-state index in [0.29, 0.717) is 11.3 Å². The van der Waals surface area contributed by atoms with Crippen LogP contribution in [-0.4, -0.2) is 28.3 Å². The molecule has 0 aliphatic carbocycles. The molecule has 0 aliphatic rings. The van der Waals surface area contributed by atoms with E-state index in [9.17, 15) is 9.90 Å². The average Bonchev–Trinajstić information content (AvgIpc) is 3.21. The fourth-order valence-corrected chi connectivity index (χ4v) is 3.20. The van der Waals surface area contributed by atoms with Crippen LogP contribution in [0.3, 0.4) is 0 Å². The fraction of sp³-hybridized carbons (Fsp3) is 0.235. The van der Waals surface area contributed by atoms with Crippen LogP contribution in [0.1, 0.15) is 33.9 Å². The summed E-state index contributed by atoms with van der Waals surface area (Å²) in [7, 11) is 1.57. The molecule has 0 amide bonds. The van der Waals surface area contributed by atoms with E-state index >= 15 is 0 Å². The summed E-state index contributed by atoms with van der Waals surface area (Å²) in [5, 5.41) is 16.6. The Bertz CT molecular complexity index is 886. The fourth-order valence-electron chi connectivity index (χ4n) is 2.53. The van der Waals surface area contributed by atoms with Crippen LogP contribution in [-0.2, 0) is 0 Å². The molecular formula is C17H17N3O4S. The maximum absolute atomic E-state index is 11.8. The molecule has 0 fully saturated rings. The maximum Gasteiger partial charge on any atom is 0.343 e. The SMILES string of the molecule is COc1ccc(-c2onc(NC(C)c3ncsc3C)c2C(=O)O)cc1. The number of anilines is 1. The molecule has 25 heavy (non-hydrogen) atoms. The van der Waals surface area contributed by atoms with Gasteiger partial charge in [-0.2, -0.15) is 0 Å². The second kappa shape index (κ2) is 6.94. The maximum atomic E-state index is 11.8. The molecule has 130 valence electrons. The van der Waals surface area contributed by atoms with Crippen molar-refractivity contribution in [2.75, 3.05) is 12.4 Å². The minimum Gasteiger partial charge on any atom is -0.497 e. The highest BCUT2D eigenvalue weighted by molar-refractivity contribution is 7.09. The molecule has 0 aliphatic heterocycles. The Kier molecular flexibility index (Phi) is 4.71. The highest BCUT2D eigenvalue weighted by atomic mass is 32.1. The molecule has 0 spiro atoms. The van der Waals surface area contributed by atoms with Gasteiger partial charge in [0.05, 0.1) is 24.4 Å². The van der Waals surface area contributed by atoms with Crippen molar-refractivity contribution in [3.8, 4) is 17.1 Å². The lowest BCUT2D eigenvalue weighted by Crippen LogP contribution is -2.11. The Labute approximate surface area is 148 Å². The number of nitrogens with one attached hydrogen (secondary N) is 1. The number of carbonyl (C=O) groups is 1. The van der Waals surface area contributed by atoms with Crippen molar-refractivity contribution >= 4 is 23.1 Å². The Morgan fingerprint density at radius 1 is 1.36 bits per heavy atom. The van der Waals surface area contributed by atoms with Gasteiger partial charge in [0, 0.05) is 10.4 Å². The number of thiazole rings is 1. The number of carboxylic acid groups (broad SMARTS) is 1. The summed E-state index contributed by atoms with van der Waals surface area (Å²) in [5.74, 6) is -0.0686. The predicted octanol–water partition coefficient (Wildman–Crippen LogP) is 3.99. The van der Waals surface area contributed by atoms with Gasteiger partial charge in [-0.15, -0.1) is 11.3 Å². The third kappa shape index (κ3) is 3.34. The van der Waals surface area contributed by atoms with Gasteiger partial charge in [0.15, 0.2) is 17.1 Å². The lowest BCUT2D eigenvalue weighted by Gasteiger charge is -2.12. The highest BCUT2D eigenvalue weighted by Crippen LogP contribution is 2.32. The number of carboxylic acids is 1. The van der Waals surface area contributed by atoms with Gasteiger partial charge in [-0.25, -0.2) is 9.78 Å². The van der Waals surface area contributed by atoms with E-state index in [0.717, 1.165) is 10.6 Å². The zero-order valence-electron chi connectivity index (χ0n) is 13.9. The second-order valence-electron chi connectivity index (χ2n) is 5.43. The summed E-state index contributed by atoms with van der Waals surface area (Å²) < 4.78 is 10.4. The van der Waals surface area contributed by atoms with E-state index in [1.165, 1.54) is 11.3 Å². The lowest BCUT2D eigenvalue weighted by atomic mass is 10.1. The van der Waals surface area contributed by atoms with Gasteiger partial charge in [-0.1, -0.05) is 5.16 Å². The third-order valence-electron chi connectivity index (χ3n) is 3.80. The van der Waals surface area contributed by atoms with Gasteiger partial charge in [-0.05, 0) is 38.1 Å². The predicted molar refractivity (Wildman–Crippen MR) is 94.3 cm³/mol. The van der Waals surface area contributed by atoms with Crippen LogP contribution < -0.4 is 10.1 Å². The van der Waals surface area contributed by atoms with Crippen molar-refractivity contribution in [1.82, 2.24) is 10.1 Å². The molecule has 7 nitrogen and oxygen atoms in total. The van der Waals surface area contributed by atoms with Crippen molar-refractivity contribution in [3.63, 3.8) is 0 Å². The van der Waals surface area contributed by atoms with Gasteiger partial charge in [0.2, 0.25) is 0 Å². The summed E-state index contributed by atoms with van der Waals surface area (Å²) in [6.45, 7) is 3.87. The minimum atomic E-state index is -1.11. The molecule has 3 rings (SSSR count).